The quantitative estimate of drug-likeness (QED) is 0.400. The maximum atomic E-state index is 14.0. The van der Waals surface area contributed by atoms with Crippen molar-refractivity contribution in [3.05, 3.63) is 62.8 Å². The number of aromatic nitrogens is 2. The third kappa shape index (κ3) is 5.72. The van der Waals surface area contributed by atoms with E-state index in [-0.39, 0.29) is 36.1 Å². The van der Waals surface area contributed by atoms with Crippen LogP contribution in [0.2, 0.25) is 10.0 Å². The molecule has 184 valence electrons. The van der Waals surface area contributed by atoms with Gasteiger partial charge in [0.25, 0.3) is 5.91 Å². The summed E-state index contributed by atoms with van der Waals surface area (Å²) in [5.74, 6) is -1.38. The van der Waals surface area contributed by atoms with Gasteiger partial charge < -0.3 is 10.6 Å². The van der Waals surface area contributed by atoms with Gasteiger partial charge >= 0.3 is 0 Å². The number of amides is 3. The number of hydrogen-bond donors (Lipinski definition) is 3. The van der Waals surface area contributed by atoms with Crippen LogP contribution in [-0.4, -0.2) is 46.6 Å². The molecule has 0 saturated carbocycles. The average molecular weight is 538 g/mol. The molecule has 0 spiro atoms. The van der Waals surface area contributed by atoms with E-state index < -0.39 is 5.91 Å². The Kier molecular flexibility index (Phi) is 7.85. The first kappa shape index (κ1) is 25.3. The third-order valence-corrected chi connectivity index (χ3v) is 7.74. The highest BCUT2D eigenvalue weighted by Gasteiger charge is 2.34. The predicted octanol–water partition coefficient (Wildman–Crippen LogP) is 3.50. The molecule has 3 aromatic rings. The van der Waals surface area contributed by atoms with Gasteiger partial charge in [-0.15, -0.1) is 11.3 Å². The Balaban J connectivity index is 1.55. The molecule has 1 saturated heterocycles. The van der Waals surface area contributed by atoms with Crippen LogP contribution in [0, 0.1) is 5.82 Å². The molecule has 12 heteroatoms. The van der Waals surface area contributed by atoms with Crippen LogP contribution in [0.4, 0.5) is 4.39 Å². The molecule has 1 fully saturated rings. The summed E-state index contributed by atoms with van der Waals surface area (Å²) in [6, 6.07) is 7.16. The van der Waals surface area contributed by atoms with Crippen LogP contribution in [0.1, 0.15) is 34.0 Å². The number of halogens is 3. The Hall–Kier alpha value is -2.79. The summed E-state index contributed by atoms with van der Waals surface area (Å²) in [6.45, 7) is 0.353. The summed E-state index contributed by atoms with van der Waals surface area (Å²) in [7, 11) is 1.74. The van der Waals surface area contributed by atoms with Crippen molar-refractivity contribution in [2.24, 2.45) is 7.05 Å². The zero-order valence-corrected chi connectivity index (χ0v) is 20.9. The van der Waals surface area contributed by atoms with Crippen molar-refractivity contribution in [2.75, 3.05) is 6.54 Å². The second kappa shape index (κ2) is 10.9. The van der Waals surface area contributed by atoms with Gasteiger partial charge in [-0.05, 0) is 30.2 Å². The molecular formula is C23H22Cl2FN5O3S. The Bertz CT molecular complexity index is 1240. The van der Waals surface area contributed by atoms with E-state index in [1.165, 1.54) is 29.7 Å². The Morgan fingerprint density at radius 1 is 1.31 bits per heavy atom. The van der Waals surface area contributed by atoms with E-state index in [2.05, 4.69) is 21.0 Å². The van der Waals surface area contributed by atoms with Crippen molar-refractivity contribution >= 4 is 52.8 Å². The molecule has 0 radical (unpaired) electrons. The fourth-order valence-corrected chi connectivity index (χ4v) is 6.04. The number of aryl methyl sites for hydroxylation is 1. The minimum Gasteiger partial charge on any atom is -0.347 e. The standard InChI is InChI=1S/C23H22Cl2FN5O3S/c1-31-21(17(25)9-29-31)22-16(24)8-19(35-22)23(34)30-18-10-27-14(7-20(33)28-11-32)6-15(18)12-3-2-4-13(26)5-12/h2-5,8-9,11,14-15,18,27H,6-7,10H2,1H3,(H,30,34)(H,28,32,33)/t14?,15-,18+/m0/s1. The lowest BCUT2D eigenvalue weighted by atomic mass is 9.81. The molecule has 1 aromatic carbocycles. The van der Waals surface area contributed by atoms with E-state index in [9.17, 15) is 18.8 Å². The van der Waals surface area contributed by atoms with Crippen LogP contribution in [0.25, 0.3) is 10.6 Å². The summed E-state index contributed by atoms with van der Waals surface area (Å²) >= 11 is 13.9. The molecule has 3 atom stereocenters. The Labute approximate surface area is 214 Å². The lowest BCUT2D eigenvalue weighted by Gasteiger charge is -2.37. The van der Waals surface area contributed by atoms with Crippen LogP contribution < -0.4 is 16.0 Å². The molecule has 0 aliphatic carbocycles. The smallest absolute Gasteiger partial charge is 0.261 e. The summed E-state index contributed by atoms with van der Waals surface area (Å²) in [5.41, 5.74) is 1.33. The number of piperidine rings is 1. The maximum absolute atomic E-state index is 14.0. The van der Waals surface area contributed by atoms with Crippen molar-refractivity contribution in [3.8, 4) is 10.6 Å². The third-order valence-electron chi connectivity index (χ3n) is 5.92. The largest absolute Gasteiger partial charge is 0.347 e. The highest BCUT2D eigenvalue weighted by molar-refractivity contribution is 7.18. The SMILES string of the molecule is Cn1ncc(Cl)c1-c1sc(C(=O)N[C@@H]2CNC(CC(=O)NC=O)C[C@H]2c2cccc(F)c2)cc1Cl. The zero-order valence-electron chi connectivity index (χ0n) is 18.6. The van der Waals surface area contributed by atoms with Gasteiger partial charge in [0.15, 0.2) is 0 Å². The molecule has 2 aromatic heterocycles. The summed E-state index contributed by atoms with van der Waals surface area (Å²) < 4.78 is 15.6. The van der Waals surface area contributed by atoms with E-state index in [1.807, 2.05) is 0 Å². The van der Waals surface area contributed by atoms with Crippen molar-refractivity contribution in [3.63, 3.8) is 0 Å². The van der Waals surface area contributed by atoms with Gasteiger partial charge in [-0.25, -0.2) is 4.39 Å². The second-order valence-electron chi connectivity index (χ2n) is 8.22. The maximum Gasteiger partial charge on any atom is 0.261 e. The fourth-order valence-electron chi connectivity index (χ4n) is 4.30. The number of nitrogens with zero attached hydrogens (tertiary/aromatic N) is 2. The lowest BCUT2D eigenvalue weighted by Crippen LogP contribution is -2.54. The molecule has 35 heavy (non-hydrogen) atoms. The molecule has 1 aliphatic heterocycles. The summed E-state index contributed by atoms with van der Waals surface area (Å²) in [6.07, 6.45) is 2.40. The highest BCUT2D eigenvalue weighted by atomic mass is 35.5. The minimum atomic E-state index is -0.410. The van der Waals surface area contributed by atoms with Gasteiger partial charge in [-0.3, -0.25) is 24.4 Å². The Morgan fingerprint density at radius 2 is 2.11 bits per heavy atom. The number of carbonyl (C=O) groups is 3. The first-order chi connectivity index (χ1) is 16.8. The first-order valence-electron chi connectivity index (χ1n) is 10.8. The van der Waals surface area contributed by atoms with Crippen molar-refractivity contribution < 1.29 is 18.8 Å². The fraction of sp³-hybridized carbons (Fsp3) is 0.304. The molecule has 1 unspecified atom stereocenters. The zero-order chi connectivity index (χ0) is 25.1. The summed E-state index contributed by atoms with van der Waals surface area (Å²) in [4.78, 5) is 36.7. The number of nitrogens with one attached hydrogen (secondary N) is 3. The predicted molar refractivity (Wildman–Crippen MR) is 132 cm³/mol. The van der Waals surface area contributed by atoms with Crippen LogP contribution in [-0.2, 0) is 16.6 Å². The molecule has 0 bridgehead atoms. The van der Waals surface area contributed by atoms with Gasteiger partial charge in [0.05, 0.1) is 31.7 Å². The van der Waals surface area contributed by atoms with E-state index in [0.29, 0.717) is 50.4 Å². The van der Waals surface area contributed by atoms with E-state index in [0.717, 1.165) is 0 Å². The van der Waals surface area contributed by atoms with Crippen LogP contribution in [0.5, 0.6) is 0 Å². The monoisotopic (exact) mass is 537 g/mol. The van der Waals surface area contributed by atoms with Gasteiger partial charge in [-0.1, -0.05) is 35.3 Å². The van der Waals surface area contributed by atoms with E-state index >= 15 is 0 Å². The van der Waals surface area contributed by atoms with Crippen LogP contribution in [0.3, 0.4) is 0 Å². The van der Waals surface area contributed by atoms with Gasteiger partial charge in [0.2, 0.25) is 12.3 Å². The molecule has 8 nitrogen and oxygen atoms in total. The normalized spacial score (nSPS) is 19.8. The summed E-state index contributed by atoms with van der Waals surface area (Å²) in [5, 5.41) is 13.3. The van der Waals surface area contributed by atoms with Crippen LogP contribution >= 0.6 is 34.5 Å². The molecular weight excluding hydrogens is 516 g/mol. The molecule has 1 aliphatic rings. The highest BCUT2D eigenvalue weighted by Crippen LogP contribution is 2.39. The minimum absolute atomic E-state index is 0.0839. The second-order valence-corrected chi connectivity index (χ2v) is 10.1. The number of imide groups is 1. The molecule has 3 heterocycles. The lowest BCUT2D eigenvalue weighted by molar-refractivity contribution is -0.125. The number of benzene rings is 1. The van der Waals surface area contributed by atoms with Gasteiger partial charge in [0, 0.05) is 38.0 Å². The first-order valence-corrected chi connectivity index (χ1v) is 12.3. The van der Waals surface area contributed by atoms with Crippen LogP contribution in [0.15, 0.2) is 36.5 Å². The van der Waals surface area contributed by atoms with Gasteiger partial charge in [-0.2, -0.15) is 5.10 Å². The molecule has 4 rings (SSSR count). The molecule has 3 N–H and O–H groups in total. The molecule has 3 amide bonds. The van der Waals surface area contributed by atoms with Crippen molar-refractivity contribution in [1.29, 1.82) is 0 Å². The number of hydrogen-bond acceptors (Lipinski definition) is 6. The number of thiophene rings is 1. The van der Waals surface area contributed by atoms with Crippen molar-refractivity contribution in [2.45, 2.75) is 30.8 Å². The van der Waals surface area contributed by atoms with E-state index in [4.69, 9.17) is 23.2 Å². The van der Waals surface area contributed by atoms with Gasteiger partial charge in [0.1, 0.15) is 5.82 Å². The number of rotatable bonds is 7. The Morgan fingerprint density at radius 3 is 2.80 bits per heavy atom. The average Bonchev–Trinajstić information content (AvgIpc) is 3.35. The number of carbonyl (C=O) groups excluding carboxylic acids is 3. The topological polar surface area (TPSA) is 105 Å². The van der Waals surface area contributed by atoms with Crippen molar-refractivity contribution in [1.82, 2.24) is 25.7 Å². The van der Waals surface area contributed by atoms with E-state index in [1.54, 1.807) is 29.9 Å².